The van der Waals surface area contributed by atoms with Crippen molar-refractivity contribution in [2.45, 2.75) is 46.6 Å². The fourth-order valence-electron chi connectivity index (χ4n) is 1.72. The van der Waals surface area contributed by atoms with Crippen molar-refractivity contribution in [3.8, 4) is 0 Å². The zero-order valence-electron chi connectivity index (χ0n) is 13.0. The summed E-state index contributed by atoms with van der Waals surface area (Å²) in [7, 11) is 0. The lowest BCUT2D eigenvalue weighted by atomic mass is 10.1. The van der Waals surface area contributed by atoms with Gasteiger partial charge in [0.15, 0.2) is 0 Å². The summed E-state index contributed by atoms with van der Waals surface area (Å²) in [4.78, 5) is 22.5. The fourth-order valence-corrected chi connectivity index (χ4v) is 1.90. The van der Waals surface area contributed by atoms with E-state index in [1.54, 1.807) is 6.07 Å². The first kappa shape index (κ1) is 17.5. The highest BCUT2D eigenvalue weighted by Crippen LogP contribution is 2.21. The van der Waals surface area contributed by atoms with Gasteiger partial charge in [-0.2, -0.15) is 0 Å². The second kappa shape index (κ2) is 8.03. The molecule has 2 N–H and O–H groups in total. The molecular weight excluding hydrogens is 288 g/mol. The summed E-state index contributed by atoms with van der Waals surface area (Å²) in [6.45, 7) is 8.41. The van der Waals surface area contributed by atoms with E-state index in [0.717, 1.165) is 17.2 Å². The molecule has 21 heavy (non-hydrogen) atoms. The largest absolute Gasteiger partial charge is 0.374 e. The summed E-state index contributed by atoms with van der Waals surface area (Å²) in [5.41, 5.74) is 1.77. The summed E-state index contributed by atoms with van der Waals surface area (Å²) < 4.78 is 0. The molecule has 1 aliphatic heterocycles. The third kappa shape index (κ3) is 6.17. The van der Waals surface area contributed by atoms with Gasteiger partial charge in [0.25, 0.3) is 0 Å². The first-order valence-electron chi connectivity index (χ1n) is 7.16. The van der Waals surface area contributed by atoms with Gasteiger partial charge in [0, 0.05) is 17.1 Å². The van der Waals surface area contributed by atoms with Gasteiger partial charge in [0.2, 0.25) is 11.8 Å². The number of anilines is 1. The number of halogens is 1. The van der Waals surface area contributed by atoms with Gasteiger partial charge in [-0.25, -0.2) is 0 Å². The van der Waals surface area contributed by atoms with Gasteiger partial charge in [0.1, 0.15) is 6.04 Å². The van der Waals surface area contributed by atoms with Gasteiger partial charge in [0.05, 0.1) is 0 Å². The molecule has 0 radical (unpaired) electrons. The predicted molar refractivity (Wildman–Crippen MR) is 86.5 cm³/mol. The first-order chi connectivity index (χ1) is 9.79. The van der Waals surface area contributed by atoms with Crippen molar-refractivity contribution in [2.24, 2.45) is 5.92 Å². The molecule has 0 saturated carbocycles. The van der Waals surface area contributed by atoms with E-state index in [-0.39, 0.29) is 17.9 Å². The summed E-state index contributed by atoms with van der Waals surface area (Å²) in [6, 6.07) is 5.16. The summed E-state index contributed by atoms with van der Waals surface area (Å²) in [6.07, 6.45) is 0.874. The number of carbonyl (C=O) groups is 2. The van der Waals surface area contributed by atoms with Crippen LogP contribution in [-0.4, -0.2) is 17.9 Å². The second-order valence-electron chi connectivity index (χ2n) is 5.84. The van der Waals surface area contributed by atoms with Crippen LogP contribution in [0.5, 0.6) is 0 Å². The van der Waals surface area contributed by atoms with Crippen molar-refractivity contribution in [3.05, 3.63) is 28.8 Å². The van der Waals surface area contributed by atoms with Gasteiger partial charge in [-0.3, -0.25) is 14.9 Å². The predicted octanol–water partition coefficient (Wildman–Crippen LogP) is 3.53. The number of hydrogen-bond donors (Lipinski definition) is 2. The minimum atomic E-state index is -0.369. The Bertz CT molecular complexity index is 512. The molecule has 2 rings (SSSR count). The molecule has 1 atom stereocenters. The SMILES string of the molecule is CC(C)C.Cc1ccc(NC2CCC(=O)NC2=O)cc1Cl. The summed E-state index contributed by atoms with van der Waals surface area (Å²) in [5, 5.41) is 6.03. The van der Waals surface area contributed by atoms with Crippen LogP contribution in [0.3, 0.4) is 0 Å². The number of imide groups is 1. The molecule has 1 unspecified atom stereocenters. The molecule has 1 heterocycles. The Kier molecular flexibility index (Phi) is 6.69. The molecule has 0 aromatic heterocycles. The van der Waals surface area contributed by atoms with Crippen LogP contribution in [0.2, 0.25) is 5.02 Å². The minimum Gasteiger partial charge on any atom is -0.374 e. The van der Waals surface area contributed by atoms with Crippen molar-refractivity contribution < 1.29 is 9.59 Å². The van der Waals surface area contributed by atoms with Crippen molar-refractivity contribution in [2.75, 3.05) is 5.32 Å². The third-order valence-electron chi connectivity index (χ3n) is 2.75. The van der Waals surface area contributed by atoms with E-state index in [1.165, 1.54) is 0 Å². The molecule has 1 aromatic rings. The molecule has 1 fully saturated rings. The quantitative estimate of drug-likeness (QED) is 0.822. The van der Waals surface area contributed by atoms with Crippen LogP contribution in [0.4, 0.5) is 5.69 Å². The van der Waals surface area contributed by atoms with Crippen molar-refractivity contribution in [1.82, 2.24) is 5.32 Å². The molecule has 1 aliphatic rings. The molecule has 0 aliphatic carbocycles. The van der Waals surface area contributed by atoms with E-state index in [4.69, 9.17) is 11.6 Å². The van der Waals surface area contributed by atoms with Gasteiger partial charge in [-0.1, -0.05) is 38.4 Å². The highest BCUT2D eigenvalue weighted by atomic mass is 35.5. The lowest BCUT2D eigenvalue weighted by Crippen LogP contribution is -2.47. The molecule has 2 amide bonds. The summed E-state index contributed by atoms with van der Waals surface area (Å²) >= 11 is 6.00. The standard InChI is InChI=1S/C12H13ClN2O2.C4H10/c1-7-2-3-8(6-9(7)13)14-10-4-5-11(16)15-12(10)17;1-4(2)3/h2-3,6,10,14H,4-5H2,1H3,(H,15,16,17);4H,1-3H3. The van der Waals surface area contributed by atoms with Crippen LogP contribution < -0.4 is 10.6 Å². The maximum Gasteiger partial charge on any atom is 0.249 e. The van der Waals surface area contributed by atoms with Gasteiger partial charge < -0.3 is 5.32 Å². The Labute approximate surface area is 131 Å². The van der Waals surface area contributed by atoms with E-state index >= 15 is 0 Å². The zero-order valence-corrected chi connectivity index (χ0v) is 13.8. The first-order valence-corrected chi connectivity index (χ1v) is 7.53. The number of carbonyl (C=O) groups excluding carboxylic acids is 2. The molecule has 1 saturated heterocycles. The Morgan fingerprint density at radius 2 is 1.90 bits per heavy atom. The normalized spacial score (nSPS) is 17.9. The molecule has 0 spiro atoms. The number of rotatable bonds is 2. The lowest BCUT2D eigenvalue weighted by molar-refractivity contribution is -0.133. The smallest absolute Gasteiger partial charge is 0.249 e. The number of hydrogen-bond acceptors (Lipinski definition) is 3. The van der Waals surface area contributed by atoms with Gasteiger partial charge in [-0.15, -0.1) is 0 Å². The van der Waals surface area contributed by atoms with Crippen molar-refractivity contribution in [1.29, 1.82) is 0 Å². The Morgan fingerprint density at radius 3 is 2.43 bits per heavy atom. The fraction of sp³-hybridized carbons (Fsp3) is 0.500. The van der Waals surface area contributed by atoms with Crippen molar-refractivity contribution in [3.63, 3.8) is 0 Å². The van der Waals surface area contributed by atoms with E-state index in [1.807, 2.05) is 19.1 Å². The van der Waals surface area contributed by atoms with Crippen LogP contribution in [-0.2, 0) is 9.59 Å². The molecule has 5 heteroatoms. The summed E-state index contributed by atoms with van der Waals surface area (Å²) in [5.74, 6) is 0.341. The molecule has 4 nitrogen and oxygen atoms in total. The minimum absolute atomic E-state index is 0.213. The van der Waals surface area contributed by atoms with Crippen LogP contribution in [0, 0.1) is 12.8 Å². The Morgan fingerprint density at radius 1 is 1.29 bits per heavy atom. The van der Waals surface area contributed by atoms with E-state index < -0.39 is 0 Å². The lowest BCUT2D eigenvalue weighted by Gasteiger charge is -2.22. The van der Waals surface area contributed by atoms with Crippen LogP contribution in [0.25, 0.3) is 0 Å². The average molecular weight is 311 g/mol. The number of amides is 2. The van der Waals surface area contributed by atoms with Crippen molar-refractivity contribution >= 4 is 29.1 Å². The molecule has 0 bridgehead atoms. The second-order valence-corrected chi connectivity index (χ2v) is 6.25. The number of nitrogens with one attached hydrogen (secondary N) is 2. The monoisotopic (exact) mass is 310 g/mol. The zero-order chi connectivity index (χ0) is 16.0. The Hall–Kier alpha value is -1.55. The highest BCUT2D eigenvalue weighted by molar-refractivity contribution is 6.31. The number of aryl methyl sites for hydroxylation is 1. The van der Waals surface area contributed by atoms with E-state index in [2.05, 4.69) is 31.4 Å². The van der Waals surface area contributed by atoms with Crippen LogP contribution >= 0.6 is 11.6 Å². The van der Waals surface area contributed by atoms with Gasteiger partial charge in [-0.05, 0) is 37.0 Å². The molecule has 1 aromatic carbocycles. The van der Waals surface area contributed by atoms with Crippen LogP contribution in [0.15, 0.2) is 18.2 Å². The number of piperidine rings is 1. The maximum absolute atomic E-state index is 11.5. The highest BCUT2D eigenvalue weighted by Gasteiger charge is 2.26. The van der Waals surface area contributed by atoms with Gasteiger partial charge >= 0.3 is 0 Å². The van der Waals surface area contributed by atoms with E-state index in [0.29, 0.717) is 17.9 Å². The third-order valence-corrected chi connectivity index (χ3v) is 3.16. The molecular formula is C16H23ClN2O2. The topological polar surface area (TPSA) is 58.2 Å². The van der Waals surface area contributed by atoms with Crippen LogP contribution in [0.1, 0.15) is 39.2 Å². The Balaban J connectivity index is 0.000000491. The van der Waals surface area contributed by atoms with E-state index in [9.17, 15) is 9.59 Å². The average Bonchev–Trinajstić information content (AvgIpc) is 2.36. The molecule has 116 valence electrons. The number of benzene rings is 1. The maximum atomic E-state index is 11.5.